The molecule has 59 heavy (non-hydrogen) atoms. The molecule has 0 fully saturated rings. The molecule has 3 aliphatic rings. The SMILES string of the molecule is CC1(C)c2ccccc2-c2cccc(-c3cccc(N(c4ccc5c(c4)C4(CCc6ccccc64)c4ccccc4-5)c4c(-c5ccccc5)ccc5ccccc45)c3)c21. The van der Waals surface area contributed by atoms with Crippen molar-refractivity contribution in [2.75, 3.05) is 4.90 Å². The summed E-state index contributed by atoms with van der Waals surface area (Å²) >= 11 is 0. The van der Waals surface area contributed by atoms with E-state index < -0.39 is 0 Å². The third-order valence-corrected chi connectivity index (χ3v) is 13.8. The van der Waals surface area contributed by atoms with Gasteiger partial charge in [-0.25, -0.2) is 0 Å². The summed E-state index contributed by atoms with van der Waals surface area (Å²) < 4.78 is 0. The van der Waals surface area contributed by atoms with Crippen LogP contribution in [0.1, 0.15) is 53.6 Å². The van der Waals surface area contributed by atoms with Gasteiger partial charge in [0.05, 0.1) is 5.69 Å². The van der Waals surface area contributed by atoms with E-state index in [-0.39, 0.29) is 10.8 Å². The lowest BCUT2D eigenvalue weighted by molar-refractivity contribution is 0.626. The van der Waals surface area contributed by atoms with Crippen molar-refractivity contribution in [1.29, 1.82) is 0 Å². The summed E-state index contributed by atoms with van der Waals surface area (Å²) in [7, 11) is 0. The van der Waals surface area contributed by atoms with Gasteiger partial charge in [0, 0.05) is 33.2 Å². The number of aryl methyl sites for hydroxylation is 1. The first kappa shape index (κ1) is 34.1. The molecule has 9 aromatic rings. The van der Waals surface area contributed by atoms with Crippen molar-refractivity contribution in [2.45, 2.75) is 37.5 Å². The van der Waals surface area contributed by atoms with Crippen LogP contribution in [0.3, 0.4) is 0 Å². The highest BCUT2D eigenvalue weighted by atomic mass is 15.1. The first-order valence-electron chi connectivity index (χ1n) is 21.1. The molecule has 0 aliphatic heterocycles. The van der Waals surface area contributed by atoms with Crippen LogP contribution in [0, 0.1) is 0 Å². The molecule has 12 rings (SSSR count). The fourth-order valence-corrected chi connectivity index (χ4v) is 11.3. The van der Waals surface area contributed by atoms with E-state index in [1.807, 2.05) is 0 Å². The fourth-order valence-electron chi connectivity index (χ4n) is 11.3. The maximum atomic E-state index is 2.56. The molecular formula is C58H43N. The molecule has 0 bridgehead atoms. The second kappa shape index (κ2) is 12.8. The molecule has 0 N–H and O–H groups in total. The average Bonchev–Trinajstić information content (AvgIpc) is 3.90. The summed E-state index contributed by atoms with van der Waals surface area (Å²) in [5.41, 5.74) is 22.0. The molecular weight excluding hydrogens is 711 g/mol. The predicted molar refractivity (Wildman–Crippen MR) is 247 cm³/mol. The lowest BCUT2D eigenvalue weighted by Gasteiger charge is -2.33. The Bertz CT molecular complexity index is 3150. The number of hydrogen-bond acceptors (Lipinski definition) is 1. The monoisotopic (exact) mass is 753 g/mol. The smallest absolute Gasteiger partial charge is 0.0618 e. The zero-order valence-corrected chi connectivity index (χ0v) is 33.4. The molecule has 0 radical (unpaired) electrons. The number of benzene rings is 9. The summed E-state index contributed by atoms with van der Waals surface area (Å²) in [6.45, 7) is 4.78. The van der Waals surface area contributed by atoms with Gasteiger partial charge < -0.3 is 4.90 Å². The highest BCUT2D eigenvalue weighted by molar-refractivity contribution is 6.07. The van der Waals surface area contributed by atoms with Gasteiger partial charge in [-0.15, -0.1) is 0 Å². The summed E-state index contributed by atoms with van der Waals surface area (Å²) in [4.78, 5) is 2.56. The number of fused-ring (bicyclic) bond motifs is 11. The van der Waals surface area contributed by atoms with Crippen molar-refractivity contribution < 1.29 is 0 Å². The van der Waals surface area contributed by atoms with E-state index >= 15 is 0 Å². The topological polar surface area (TPSA) is 3.24 Å². The third kappa shape index (κ3) is 4.85. The predicted octanol–water partition coefficient (Wildman–Crippen LogP) is 15.2. The lowest BCUT2D eigenvalue weighted by Crippen LogP contribution is -2.24. The van der Waals surface area contributed by atoms with E-state index in [0.717, 1.165) is 24.2 Å². The average molecular weight is 754 g/mol. The minimum absolute atomic E-state index is 0.130. The lowest BCUT2D eigenvalue weighted by atomic mass is 9.73. The van der Waals surface area contributed by atoms with Crippen LogP contribution in [0.25, 0.3) is 55.3 Å². The Balaban J connectivity index is 1.13. The van der Waals surface area contributed by atoms with Gasteiger partial charge in [-0.05, 0) is 115 Å². The van der Waals surface area contributed by atoms with Gasteiger partial charge in [-0.2, -0.15) is 0 Å². The largest absolute Gasteiger partial charge is 0.309 e. The Labute approximate surface area is 346 Å². The third-order valence-electron chi connectivity index (χ3n) is 13.8. The summed E-state index contributed by atoms with van der Waals surface area (Å²) in [6, 6.07) is 75.2. The van der Waals surface area contributed by atoms with Gasteiger partial charge in [-0.1, -0.05) is 190 Å². The van der Waals surface area contributed by atoms with Crippen molar-refractivity contribution in [3.8, 4) is 44.5 Å². The second-order valence-corrected chi connectivity index (χ2v) is 17.2. The standard InChI is InChI=1S/C58H43N/c1-57(2)52-28-12-9-24-48(52)50-26-15-25-44(55(50)57)41-20-14-21-42(36-41)59(56-45-22-8-6-18-39(45)30-32-46(56)38-16-4-3-5-17-38)43-31-33-49-47-23-10-13-29-53(47)58(54(49)37-43)35-34-40-19-7-11-27-51(40)58/h3-33,36-37H,34-35H2,1-2H3. The van der Waals surface area contributed by atoms with Crippen LogP contribution in [0.4, 0.5) is 17.1 Å². The minimum Gasteiger partial charge on any atom is -0.309 e. The first-order valence-corrected chi connectivity index (χ1v) is 21.1. The Morgan fingerprint density at radius 2 is 1.02 bits per heavy atom. The quantitative estimate of drug-likeness (QED) is 0.169. The zero-order chi connectivity index (χ0) is 39.3. The molecule has 1 spiro atoms. The Morgan fingerprint density at radius 1 is 0.407 bits per heavy atom. The highest BCUT2D eigenvalue weighted by Gasteiger charge is 2.48. The van der Waals surface area contributed by atoms with E-state index in [1.54, 1.807) is 0 Å². The zero-order valence-electron chi connectivity index (χ0n) is 33.4. The van der Waals surface area contributed by atoms with Crippen LogP contribution < -0.4 is 4.90 Å². The summed E-state index contributed by atoms with van der Waals surface area (Å²) in [5.74, 6) is 0. The summed E-state index contributed by atoms with van der Waals surface area (Å²) in [6.07, 6.45) is 2.14. The maximum absolute atomic E-state index is 2.56. The van der Waals surface area contributed by atoms with Crippen LogP contribution >= 0.6 is 0 Å². The van der Waals surface area contributed by atoms with E-state index in [0.29, 0.717) is 0 Å². The van der Waals surface area contributed by atoms with Gasteiger partial charge in [-0.3, -0.25) is 0 Å². The van der Waals surface area contributed by atoms with Gasteiger partial charge in [0.1, 0.15) is 0 Å². The van der Waals surface area contributed by atoms with E-state index in [4.69, 9.17) is 0 Å². The van der Waals surface area contributed by atoms with Gasteiger partial charge in [0.15, 0.2) is 0 Å². The molecule has 0 heterocycles. The van der Waals surface area contributed by atoms with Crippen LogP contribution in [0.5, 0.6) is 0 Å². The molecule has 9 aromatic carbocycles. The molecule has 1 unspecified atom stereocenters. The van der Waals surface area contributed by atoms with E-state index in [9.17, 15) is 0 Å². The normalized spacial score (nSPS) is 16.4. The number of hydrogen-bond donors (Lipinski definition) is 0. The molecule has 0 aromatic heterocycles. The Hall–Kier alpha value is -6.96. The molecule has 3 aliphatic carbocycles. The Kier molecular flexibility index (Phi) is 7.38. The minimum atomic E-state index is -0.196. The number of anilines is 3. The highest BCUT2D eigenvalue weighted by Crippen LogP contribution is 2.60. The molecule has 1 atom stereocenters. The van der Waals surface area contributed by atoms with Gasteiger partial charge in [0.2, 0.25) is 0 Å². The van der Waals surface area contributed by atoms with Crippen molar-refractivity contribution in [3.63, 3.8) is 0 Å². The molecule has 1 nitrogen and oxygen atoms in total. The molecule has 1 heteroatoms. The van der Waals surface area contributed by atoms with Crippen LogP contribution in [-0.2, 0) is 17.3 Å². The molecule has 0 saturated heterocycles. The Morgan fingerprint density at radius 3 is 1.88 bits per heavy atom. The van der Waals surface area contributed by atoms with Crippen molar-refractivity contribution in [3.05, 3.63) is 234 Å². The maximum Gasteiger partial charge on any atom is 0.0618 e. The number of rotatable bonds is 5. The van der Waals surface area contributed by atoms with Crippen molar-refractivity contribution in [1.82, 2.24) is 0 Å². The molecule has 280 valence electrons. The van der Waals surface area contributed by atoms with Crippen LogP contribution in [0.2, 0.25) is 0 Å². The van der Waals surface area contributed by atoms with Gasteiger partial charge in [0.25, 0.3) is 0 Å². The van der Waals surface area contributed by atoms with E-state index in [2.05, 4.69) is 219 Å². The summed E-state index contributed by atoms with van der Waals surface area (Å²) in [5, 5.41) is 2.44. The second-order valence-electron chi connectivity index (χ2n) is 17.2. The molecule has 0 saturated carbocycles. The van der Waals surface area contributed by atoms with Gasteiger partial charge >= 0.3 is 0 Å². The van der Waals surface area contributed by atoms with E-state index in [1.165, 1.54) is 94.3 Å². The number of nitrogens with zero attached hydrogens (tertiary/aromatic N) is 1. The first-order chi connectivity index (χ1) is 29.0. The van der Waals surface area contributed by atoms with Crippen molar-refractivity contribution >= 4 is 27.8 Å². The van der Waals surface area contributed by atoms with Crippen LogP contribution in [-0.4, -0.2) is 0 Å². The fraction of sp³-hybridized carbons (Fsp3) is 0.103. The van der Waals surface area contributed by atoms with Crippen molar-refractivity contribution in [2.24, 2.45) is 0 Å². The van der Waals surface area contributed by atoms with Crippen LogP contribution in [0.15, 0.2) is 200 Å². The molecule has 0 amide bonds.